The van der Waals surface area contributed by atoms with Crippen LogP contribution in [0.15, 0.2) is 24.3 Å². The zero-order valence-electron chi connectivity index (χ0n) is 10.9. The summed E-state index contributed by atoms with van der Waals surface area (Å²) < 4.78 is 0. The van der Waals surface area contributed by atoms with Gasteiger partial charge in [0, 0.05) is 12.2 Å². The number of hydrogen-bond acceptors (Lipinski definition) is 3. The predicted octanol–water partition coefficient (Wildman–Crippen LogP) is 1.03. The lowest BCUT2D eigenvalue weighted by atomic mass is 10.0. The van der Waals surface area contributed by atoms with Gasteiger partial charge in [0.25, 0.3) is 0 Å². The molecule has 0 aromatic heterocycles. The normalized spacial score (nSPS) is 19.1. The maximum absolute atomic E-state index is 11.6. The fraction of sp³-hybridized carbons (Fsp3) is 0.429. The van der Waals surface area contributed by atoms with E-state index in [-0.39, 0.29) is 24.9 Å². The maximum Gasteiger partial charge on any atom is 0.305 e. The van der Waals surface area contributed by atoms with E-state index in [4.69, 9.17) is 5.11 Å². The van der Waals surface area contributed by atoms with Crippen LogP contribution in [0.25, 0.3) is 0 Å². The maximum atomic E-state index is 11.6. The van der Waals surface area contributed by atoms with Crippen molar-refractivity contribution >= 4 is 17.6 Å². The molecular formula is C14H18N2O3. The van der Waals surface area contributed by atoms with Gasteiger partial charge in [0.2, 0.25) is 5.91 Å². The van der Waals surface area contributed by atoms with E-state index in [1.807, 2.05) is 29.2 Å². The Kier molecular flexibility index (Phi) is 4.04. The summed E-state index contributed by atoms with van der Waals surface area (Å²) in [5, 5.41) is 11.7. The molecule has 5 nitrogen and oxygen atoms in total. The Morgan fingerprint density at radius 2 is 2.21 bits per heavy atom. The average molecular weight is 262 g/mol. The molecule has 1 saturated heterocycles. The van der Waals surface area contributed by atoms with Crippen molar-refractivity contribution in [2.24, 2.45) is 0 Å². The van der Waals surface area contributed by atoms with E-state index in [9.17, 15) is 9.59 Å². The number of amides is 1. The number of carboxylic acids is 1. The highest BCUT2D eigenvalue weighted by molar-refractivity contribution is 5.84. The Morgan fingerprint density at radius 1 is 1.47 bits per heavy atom. The van der Waals surface area contributed by atoms with Crippen LogP contribution in [-0.4, -0.2) is 36.1 Å². The van der Waals surface area contributed by atoms with Crippen molar-refractivity contribution in [1.29, 1.82) is 0 Å². The van der Waals surface area contributed by atoms with Gasteiger partial charge in [0.1, 0.15) is 0 Å². The van der Waals surface area contributed by atoms with Crippen LogP contribution in [-0.2, 0) is 16.0 Å². The third-order valence-electron chi connectivity index (χ3n) is 3.38. The Labute approximate surface area is 112 Å². The molecule has 1 atom stereocenters. The lowest BCUT2D eigenvalue weighted by Crippen LogP contribution is -2.55. The zero-order chi connectivity index (χ0) is 13.8. The van der Waals surface area contributed by atoms with Gasteiger partial charge < -0.3 is 15.3 Å². The van der Waals surface area contributed by atoms with Crippen molar-refractivity contribution in [1.82, 2.24) is 5.32 Å². The molecule has 0 aliphatic carbocycles. The minimum Gasteiger partial charge on any atom is -0.481 e. The molecule has 19 heavy (non-hydrogen) atoms. The number of carbonyl (C=O) groups excluding carboxylic acids is 1. The third-order valence-corrected chi connectivity index (χ3v) is 3.38. The van der Waals surface area contributed by atoms with Gasteiger partial charge in [-0.25, -0.2) is 0 Å². The molecule has 0 bridgehead atoms. The molecular weight excluding hydrogens is 244 g/mol. The predicted molar refractivity (Wildman–Crippen MR) is 72.2 cm³/mol. The number of nitrogens with one attached hydrogen (secondary N) is 1. The van der Waals surface area contributed by atoms with Crippen LogP contribution in [0, 0.1) is 0 Å². The number of benzene rings is 1. The van der Waals surface area contributed by atoms with E-state index in [2.05, 4.69) is 12.2 Å². The van der Waals surface area contributed by atoms with E-state index in [0.29, 0.717) is 6.54 Å². The highest BCUT2D eigenvalue weighted by Gasteiger charge is 2.29. The second kappa shape index (κ2) is 5.73. The van der Waals surface area contributed by atoms with E-state index < -0.39 is 5.97 Å². The molecule has 0 saturated carbocycles. The number of piperazine rings is 1. The van der Waals surface area contributed by atoms with Gasteiger partial charge >= 0.3 is 5.97 Å². The molecule has 1 unspecified atom stereocenters. The minimum atomic E-state index is -0.847. The molecule has 2 rings (SSSR count). The largest absolute Gasteiger partial charge is 0.481 e. The molecule has 1 aromatic rings. The number of carboxylic acid groups (broad SMARTS) is 1. The van der Waals surface area contributed by atoms with Crippen molar-refractivity contribution in [2.45, 2.75) is 25.8 Å². The van der Waals surface area contributed by atoms with E-state index in [1.165, 1.54) is 0 Å². The van der Waals surface area contributed by atoms with Gasteiger partial charge in [0.15, 0.2) is 0 Å². The van der Waals surface area contributed by atoms with Crippen LogP contribution in [0.1, 0.15) is 18.9 Å². The number of para-hydroxylation sites is 1. The number of nitrogens with zero attached hydrogens (tertiary/aromatic N) is 1. The lowest BCUT2D eigenvalue weighted by molar-refractivity contribution is -0.138. The first-order valence-electron chi connectivity index (χ1n) is 6.45. The second-order valence-corrected chi connectivity index (χ2v) is 4.67. The van der Waals surface area contributed by atoms with Gasteiger partial charge in [0.05, 0.1) is 19.0 Å². The van der Waals surface area contributed by atoms with E-state index in [1.54, 1.807) is 0 Å². The summed E-state index contributed by atoms with van der Waals surface area (Å²) in [6, 6.07) is 7.64. The summed E-state index contributed by atoms with van der Waals surface area (Å²) in [5.74, 6) is -0.910. The van der Waals surface area contributed by atoms with Crippen molar-refractivity contribution in [3.8, 4) is 0 Å². The van der Waals surface area contributed by atoms with Gasteiger partial charge in [-0.05, 0) is 18.1 Å². The van der Waals surface area contributed by atoms with Crippen LogP contribution < -0.4 is 10.2 Å². The molecule has 2 N–H and O–H groups in total. The fourth-order valence-corrected chi connectivity index (χ4v) is 2.44. The van der Waals surface area contributed by atoms with Gasteiger partial charge in [-0.3, -0.25) is 9.59 Å². The van der Waals surface area contributed by atoms with Gasteiger partial charge in [-0.15, -0.1) is 0 Å². The second-order valence-electron chi connectivity index (χ2n) is 4.67. The van der Waals surface area contributed by atoms with Crippen LogP contribution in [0.5, 0.6) is 0 Å². The number of rotatable bonds is 4. The summed E-state index contributed by atoms with van der Waals surface area (Å²) in [4.78, 5) is 24.4. The Balaban J connectivity index is 2.30. The molecule has 0 spiro atoms. The highest BCUT2D eigenvalue weighted by atomic mass is 16.4. The van der Waals surface area contributed by atoms with Crippen molar-refractivity contribution in [3.05, 3.63) is 29.8 Å². The van der Waals surface area contributed by atoms with Crippen molar-refractivity contribution < 1.29 is 14.7 Å². The molecule has 0 radical (unpaired) electrons. The summed E-state index contributed by atoms with van der Waals surface area (Å²) >= 11 is 0. The van der Waals surface area contributed by atoms with Crippen molar-refractivity contribution in [3.63, 3.8) is 0 Å². The molecule has 1 aromatic carbocycles. The van der Waals surface area contributed by atoms with Gasteiger partial charge in [-0.2, -0.15) is 0 Å². The molecule has 102 valence electrons. The third kappa shape index (κ3) is 3.05. The Bertz CT molecular complexity index is 487. The fourth-order valence-electron chi connectivity index (χ4n) is 2.44. The smallest absolute Gasteiger partial charge is 0.305 e. The standard InChI is InChI=1S/C14H18N2O3/c1-2-10-5-3-4-6-12(10)16-9-13(17)15-8-11(16)7-14(18)19/h3-6,11H,2,7-9H2,1H3,(H,15,17)(H,18,19). The summed E-state index contributed by atoms with van der Waals surface area (Å²) in [5.41, 5.74) is 2.10. The topological polar surface area (TPSA) is 69.6 Å². The Morgan fingerprint density at radius 3 is 2.89 bits per heavy atom. The summed E-state index contributed by atoms with van der Waals surface area (Å²) in [7, 11) is 0. The molecule has 1 aliphatic rings. The molecule has 1 fully saturated rings. The molecule has 1 heterocycles. The minimum absolute atomic E-state index is 0.0261. The average Bonchev–Trinajstić information content (AvgIpc) is 2.40. The first-order valence-corrected chi connectivity index (χ1v) is 6.45. The zero-order valence-corrected chi connectivity index (χ0v) is 10.9. The summed E-state index contributed by atoms with van der Waals surface area (Å²) in [6.45, 7) is 2.65. The Hall–Kier alpha value is -2.04. The van der Waals surface area contributed by atoms with Crippen LogP contribution in [0.4, 0.5) is 5.69 Å². The quantitative estimate of drug-likeness (QED) is 0.850. The SMILES string of the molecule is CCc1ccccc1N1CC(=O)NCC1CC(=O)O. The van der Waals surface area contributed by atoms with Crippen LogP contribution in [0.2, 0.25) is 0 Å². The number of carbonyl (C=O) groups is 2. The van der Waals surface area contributed by atoms with Crippen molar-refractivity contribution in [2.75, 3.05) is 18.0 Å². The number of anilines is 1. The lowest BCUT2D eigenvalue weighted by Gasteiger charge is -2.37. The number of aryl methyl sites for hydroxylation is 1. The molecule has 1 aliphatic heterocycles. The first kappa shape index (κ1) is 13.4. The number of aliphatic carboxylic acids is 1. The first-order chi connectivity index (χ1) is 9.11. The van der Waals surface area contributed by atoms with Gasteiger partial charge in [-0.1, -0.05) is 25.1 Å². The van der Waals surface area contributed by atoms with E-state index in [0.717, 1.165) is 17.7 Å². The summed E-state index contributed by atoms with van der Waals surface area (Å²) in [6.07, 6.45) is 0.881. The number of hydrogen-bond donors (Lipinski definition) is 2. The molecule has 1 amide bonds. The van der Waals surface area contributed by atoms with Crippen LogP contribution in [0.3, 0.4) is 0 Å². The van der Waals surface area contributed by atoms with Crippen LogP contribution >= 0.6 is 0 Å². The van der Waals surface area contributed by atoms with E-state index >= 15 is 0 Å². The molecule has 5 heteroatoms. The monoisotopic (exact) mass is 262 g/mol. The highest BCUT2D eigenvalue weighted by Crippen LogP contribution is 2.25.